The highest BCUT2D eigenvalue weighted by Crippen LogP contribution is 2.35. The lowest BCUT2D eigenvalue weighted by Crippen LogP contribution is -2.56. The van der Waals surface area contributed by atoms with Gasteiger partial charge in [-0.25, -0.2) is 18.7 Å². The van der Waals surface area contributed by atoms with Crippen LogP contribution in [0.4, 0.5) is 26.1 Å². The van der Waals surface area contributed by atoms with E-state index in [1.807, 2.05) is 18.2 Å². The van der Waals surface area contributed by atoms with E-state index in [1.54, 1.807) is 19.2 Å². The molecule has 45 heavy (non-hydrogen) atoms. The Morgan fingerprint density at radius 3 is 2.67 bits per heavy atom. The van der Waals surface area contributed by atoms with Gasteiger partial charge in [-0.3, -0.25) is 4.79 Å². The molecule has 0 radical (unpaired) electrons. The number of piperazine rings is 1. The molecule has 3 atom stereocenters. The second kappa shape index (κ2) is 13.2. The van der Waals surface area contributed by atoms with E-state index in [0.717, 1.165) is 30.2 Å². The second-order valence-electron chi connectivity index (χ2n) is 11.3. The largest absolute Gasteiger partial charge is 0.483 e. The van der Waals surface area contributed by atoms with E-state index in [0.29, 0.717) is 34.8 Å². The Morgan fingerprint density at radius 2 is 1.98 bits per heavy atom. The molecule has 1 amide bonds. The molecule has 4 heterocycles. The maximum Gasteiger partial charge on any atom is 0.301 e. The van der Waals surface area contributed by atoms with Gasteiger partial charge in [0.25, 0.3) is 5.91 Å². The van der Waals surface area contributed by atoms with E-state index < -0.39 is 30.6 Å². The number of likely N-dealkylation sites (tertiary alicyclic amines) is 1. The number of carbonyl (C=O) groups excluding carboxylic acids is 1. The van der Waals surface area contributed by atoms with E-state index in [9.17, 15) is 23.9 Å². The summed E-state index contributed by atoms with van der Waals surface area (Å²) in [7, 11) is 3.70. The van der Waals surface area contributed by atoms with Crippen molar-refractivity contribution >= 4 is 23.2 Å². The number of rotatable bonds is 8. The number of likely N-dealkylation sites (N-methyl/N-ethyl adjacent to an activating group) is 1. The summed E-state index contributed by atoms with van der Waals surface area (Å²) in [5.41, 5.74) is 2.01. The highest BCUT2D eigenvalue weighted by Gasteiger charge is 2.48. The first-order valence-electron chi connectivity index (χ1n) is 14.6. The van der Waals surface area contributed by atoms with Crippen LogP contribution in [-0.2, 0) is 4.79 Å². The van der Waals surface area contributed by atoms with Crippen molar-refractivity contribution in [1.82, 2.24) is 24.8 Å². The Labute approximate surface area is 260 Å². The summed E-state index contributed by atoms with van der Waals surface area (Å²) in [5.74, 6) is -2.68. The summed E-state index contributed by atoms with van der Waals surface area (Å²) in [6.45, 7) is 5.20. The summed E-state index contributed by atoms with van der Waals surface area (Å²) >= 11 is 0. The van der Waals surface area contributed by atoms with Gasteiger partial charge in [0, 0.05) is 50.3 Å². The third-order valence-corrected chi connectivity index (χ3v) is 8.13. The Morgan fingerprint density at radius 1 is 1.18 bits per heavy atom. The number of nitrogens with one attached hydrogen (secondary N) is 1. The number of methoxy groups -OCH3 is 1. The van der Waals surface area contributed by atoms with Gasteiger partial charge in [-0.05, 0) is 51.2 Å². The van der Waals surface area contributed by atoms with Gasteiger partial charge in [-0.1, -0.05) is 0 Å². The third-order valence-electron chi connectivity index (χ3n) is 8.13. The van der Waals surface area contributed by atoms with E-state index >= 15 is 0 Å². The zero-order valence-corrected chi connectivity index (χ0v) is 25.6. The standard InChI is InChI=1S/C31H36F2N8O4/c1-19-16-40(12-11-39(19)3)24-6-8-27(38-29(24)44-4)37-28-14-23(35-18-36-28)21-5-7-25(22(13-21)15-34)45-26-9-10-41(17-31(26,32)33)30(43)20(2)42/h5-8,13-14,18-20,26,42H,9-12,16-17H2,1-4H3,(H,35,36,37,38)/t19-,20-,26?/m1/s1. The smallest absolute Gasteiger partial charge is 0.301 e. The Bertz CT molecular complexity index is 1580. The fourth-order valence-corrected chi connectivity index (χ4v) is 5.43. The SMILES string of the molecule is COc1nc(Nc2cc(-c3ccc(OC4CCN(C(=O)[C@@H](C)O)CC4(F)F)c(C#N)c3)ncn2)ccc1N1CCN(C)[C@H](C)C1. The molecule has 0 spiro atoms. The lowest BCUT2D eigenvalue weighted by atomic mass is 10.0. The van der Waals surface area contributed by atoms with Gasteiger partial charge in [0.1, 0.15) is 41.6 Å². The van der Waals surface area contributed by atoms with E-state index in [2.05, 4.69) is 44.0 Å². The number of pyridine rings is 1. The first-order valence-corrected chi connectivity index (χ1v) is 14.6. The summed E-state index contributed by atoms with van der Waals surface area (Å²) in [6, 6.07) is 12.5. The van der Waals surface area contributed by atoms with Gasteiger partial charge < -0.3 is 34.6 Å². The molecule has 3 aromatic rings. The number of ether oxygens (including phenoxy) is 2. The number of halogens is 2. The van der Waals surface area contributed by atoms with Crippen molar-refractivity contribution in [3.63, 3.8) is 0 Å². The second-order valence-corrected chi connectivity index (χ2v) is 11.3. The maximum atomic E-state index is 14.9. The highest BCUT2D eigenvalue weighted by atomic mass is 19.3. The third kappa shape index (κ3) is 7.05. The first kappa shape index (κ1) is 31.8. The van der Waals surface area contributed by atoms with Crippen molar-refractivity contribution in [2.75, 3.05) is 57.1 Å². The van der Waals surface area contributed by atoms with Crippen LogP contribution >= 0.6 is 0 Å². The molecule has 2 aliphatic heterocycles. The molecule has 0 bridgehead atoms. The fourth-order valence-electron chi connectivity index (χ4n) is 5.43. The lowest BCUT2D eigenvalue weighted by molar-refractivity contribution is -0.165. The molecule has 1 aromatic carbocycles. The molecule has 238 valence electrons. The summed E-state index contributed by atoms with van der Waals surface area (Å²) in [5, 5.41) is 22.5. The molecule has 0 saturated carbocycles. The van der Waals surface area contributed by atoms with Gasteiger partial charge in [-0.15, -0.1) is 0 Å². The molecule has 5 rings (SSSR count). The molecule has 2 fully saturated rings. The molecule has 2 saturated heterocycles. The van der Waals surface area contributed by atoms with Crippen molar-refractivity contribution in [2.45, 2.75) is 44.4 Å². The number of hydrogen-bond donors (Lipinski definition) is 2. The number of benzene rings is 1. The van der Waals surface area contributed by atoms with Crippen molar-refractivity contribution in [2.24, 2.45) is 0 Å². The van der Waals surface area contributed by atoms with Crippen molar-refractivity contribution in [3.05, 3.63) is 48.3 Å². The molecule has 2 aliphatic rings. The van der Waals surface area contributed by atoms with Crippen LogP contribution in [0.3, 0.4) is 0 Å². The molecule has 14 heteroatoms. The number of nitrogens with zero attached hydrogens (tertiary/aromatic N) is 7. The molecule has 2 N–H and O–H groups in total. The van der Waals surface area contributed by atoms with Crippen LogP contribution in [0, 0.1) is 11.3 Å². The molecule has 2 aromatic heterocycles. The number of hydrogen-bond acceptors (Lipinski definition) is 11. The minimum absolute atomic E-state index is 0.000221. The number of aromatic nitrogens is 3. The van der Waals surface area contributed by atoms with Crippen LogP contribution < -0.4 is 19.7 Å². The van der Waals surface area contributed by atoms with Gasteiger partial charge in [-0.2, -0.15) is 10.2 Å². The zero-order chi connectivity index (χ0) is 32.3. The van der Waals surface area contributed by atoms with Crippen LogP contribution in [0.25, 0.3) is 11.3 Å². The average molecular weight is 623 g/mol. The van der Waals surface area contributed by atoms with Crippen LogP contribution in [0.2, 0.25) is 0 Å². The fraction of sp³-hybridized carbons (Fsp3) is 0.452. The monoisotopic (exact) mass is 622 g/mol. The molecular weight excluding hydrogens is 586 g/mol. The Balaban J connectivity index is 1.30. The first-order chi connectivity index (χ1) is 21.5. The van der Waals surface area contributed by atoms with Crippen molar-refractivity contribution in [3.8, 4) is 29.0 Å². The number of amides is 1. The predicted octanol–water partition coefficient (Wildman–Crippen LogP) is 3.30. The van der Waals surface area contributed by atoms with Crippen molar-refractivity contribution < 1.29 is 28.2 Å². The number of piperidine rings is 1. The number of nitriles is 1. The quantitative estimate of drug-likeness (QED) is 0.383. The summed E-state index contributed by atoms with van der Waals surface area (Å²) in [6.07, 6.45) is -1.70. The highest BCUT2D eigenvalue weighted by molar-refractivity contribution is 5.80. The number of aliphatic hydroxyl groups is 1. The van der Waals surface area contributed by atoms with E-state index in [1.165, 1.54) is 25.4 Å². The van der Waals surface area contributed by atoms with Crippen molar-refractivity contribution in [1.29, 1.82) is 5.26 Å². The van der Waals surface area contributed by atoms with Gasteiger partial charge in [0.05, 0.1) is 24.9 Å². The number of anilines is 3. The molecular formula is C31H36F2N8O4. The van der Waals surface area contributed by atoms with Gasteiger partial charge in [0.2, 0.25) is 5.88 Å². The maximum absolute atomic E-state index is 14.9. The number of carbonyl (C=O) groups is 1. The Hall–Kier alpha value is -4.61. The molecule has 0 aliphatic carbocycles. The normalized spacial score (nSPS) is 20.7. The minimum atomic E-state index is -3.38. The van der Waals surface area contributed by atoms with Crippen LogP contribution in [0.15, 0.2) is 42.7 Å². The summed E-state index contributed by atoms with van der Waals surface area (Å²) < 4.78 is 41.0. The predicted molar refractivity (Wildman–Crippen MR) is 163 cm³/mol. The van der Waals surface area contributed by atoms with Gasteiger partial charge in [0.15, 0.2) is 6.10 Å². The zero-order valence-electron chi connectivity index (χ0n) is 25.6. The van der Waals surface area contributed by atoms with Crippen LogP contribution in [0.1, 0.15) is 25.8 Å². The topological polar surface area (TPSA) is 140 Å². The van der Waals surface area contributed by atoms with Crippen LogP contribution in [-0.4, -0.2) is 107 Å². The van der Waals surface area contributed by atoms with E-state index in [-0.39, 0.29) is 24.3 Å². The summed E-state index contributed by atoms with van der Waals surface area (Å²) in [4.78, 5) is 30.7. The lowest BCUT2D eigenvalue weighted by Gasteiger charge is -2.39. The van der Waals surface area contributed by atoms with E-state index in [4.69, 9.17) is 9.47 Å². The number of alkyl halides is 2. The van der Waals surface area contributed by atoms with Gasteiger partial charge >= 0.3 is 5.92 Å². The molecule has 12 nitrogen and oxygen atoms in total. The Kier molecular flexibility index (Phi) is 9.31. The number of aliphatic hydroxyl groups excluding tert-OH is 1. The van der Waals surface area contributed by atoms with Crippen LogP contribution in [0.5, 0.6) is 11.6 Å². The minimum Gasteiger partial charge on any atom is -0.483 e. The average Bonchev–Trinajstić information content (AvgIpc) is 3.03. The molecule has 1 unspecified atom stereocenters.